The van der Waals surface area contributed by atoms with Crippen molar-refractivity contribution in [3.05, 3.63) is 29.8 Å². The number of benzene rings is 1. The Bertz CT molecular complexity index is 649. The molecule has 3 rings (SSSR count). The molecule has 150 valence electrons. The van der Waals surface area contributed by atoms with Gasteiger partial charge in [-0.05, 0) is 69.6 Å². The Morgan fingerprint density at radius 2 is 1.78 bits per heavy atom. The lowest BCUT2D eigenvalue weighted by Gasteiger charge is -2.43. The predicted octanol–water partition coefficient (Wildman–Crippen LogP) is 3.68. The quantitative estimate of drug-likeness (QED) is 0.801. The number of carbonyl (C=O) groups excluding carboxylic acids is 2. The van der Waals surface area contributed by atoms with Gasteiger partial charge in [0.05, 0.1) is 0 Å². The zero-order valence-corrected chi connectivity index (χ0v) is 17.1. The highest BCUT2D eigenvalue weighted by molar-refractivity contribution is 5.97. The molecule has 2 atom stereocenters. The molecule has 5 nitrogen and oxygen atoms in total. The van der Waals surface area contributed by atoms with Crippen LogP contribution in [0.1, 0.15) is 56.3 Å². The van der Waals surface area contributed by atoms with Crippen LogP contribution in [0, 0.1) is 17.8 Å². The van der Waals surface area contributed by atoms with Crippen LogP contribution in [-0.2, 0) is 4.79 Å². The van der Waals surface area contributed by atoms with Crippen molar-refractivity contribution in [3.63, 3.8) is 0 Å². The van der Waals surface area contributed by atoms with Crippen molar-refractivity contribution in [2.45, 2.75) is 52.0 Å². The molecule has 2 aliphatic rings. The summed E-state index contributed by atoms with van der Waals surface area (Å²) < 4.78 is 0. The molecule has 27 heavy (non-hydrogen) atoms. The number of rotatable bonds is 5. The summed E-state index contributed by atoms with van der Waals surface area (Å²) in [6, 6.07) is 7.54. The standard InChI is InChI=1S/C21H31N3O2.ClH/c1-3-24(4-2)21(26)16-9-6-10-18(13-16)23-20(25)17-11-14-7-5-8-15(12-17)19(14)22;/h6,9-10,13-15,17,19H,3-5,7-8,11-12,22H2,1-2H3,(H,23,25);1H. The molecule has 0 spiro atoms. The lowest BCUT2D eigenvalue weighted by molar-refractivity contribution is -0.122. The molecular formula is C21H32ClN3O2. The summed E-state index contributed by atoms with van der Waals surface area (Å²) >= 11 is 0. The number of anilines is 1. The molecule has 2 aliphatic carbocycles. The Labute approximate surface area is 168 Å². The van der Waals surface area contributed by atoms with E-state index in [2.05, 4.69) is 5.32 Å². The normalized spacial score (nSPS) is 26.6. The second kappa shape index (κ2) is 9.56. The summed E-state index contributed by atoms with van der Waals surface area (Å²) in [7, 11) is 0. The van der Waals surface area contributed by atoms with Gasteiger partial charge in [0.15, 0.2) is 0 Å². The first-order valence-electron chi connectivity index (χ1n) is 9.99. The molecule has 2 unspecified atom stereocenters. The summed E-state index contributed by atoms with van der Waals surface area (Å²) in [5.41, 5.74) is 7.65. The smallest absolute Gasteiger partial charge is 0.253 e. The molecule has 6 heteroatoms. The highest BCUT2D eigenvalue weighted by Crippen LogP contribution is 2.42. The third-order valence-electron chi connectivity index (χ3n) is 6.21. The maximum atomic E-state index is 12.8. The second-order valence-corrected chi connectivity index (χ2v) is 7.74. The van der Waals surface area contributed by atoms with Gasteiger partial charge in [-0.2, -0.15) is 0 Å². The van der Waals surface area contributed by atoms with E-state index >= 15 is 0 Å². The van der Waals surface area contributed by atoms with Gasteiger partial charge in [0.25, 0.3) is 5.91 Å². The molecule has 2 bridgehead atoms. The Morgan fingerprint density at radius 3 is 2.37 bits per heavy atom. The molecule has 2 fully saturated rings. The van der Waals surface area contributed by atoms with E-state index < -0.39 is 0 Å². The first-order chi connectivity index (χ1) is 12.5. The number of nitrogens with one attached hydrogen (secondary N) is 1. The van der Waals surface area contributed by atoms with Crippen molar-refractivity contribution in [2.75, 3.05) is 18.4 Å². The maximum Gasteiger partial charge on any atom is 0.253 e. The molecule has 0 saturated heterocycles. The lowest BCUT2D eigenvalue weighted by Crippen LogP contribution is -2.48. The van der Waals surface area contributed by atoms with Crippen molar-refractivity contribution in [2.24, 2.45) is 23.5 Å². The summed E-state index contributed by atoms with van der Waals surface area (Å²) in [5, 5.41) is 3.04. The van der Waals surface area contributed by atoms with Crippen LogP contribution in [0.25, 0.3) is 0 Å². The van der Waals surface area contributed by atoms with E-state index in [-0.39, 0.29) is 36.2 Å². The fourth-order valence-corrected chi connectivity index (χ4v) is 4.67. The number of nitrogens with two attached hydrogens (primary N) is 1. The van der Waals surface area contributed by atoms with Gasteiger partial charge >= 0.3 is 0 Å². The van der Waals surface area contributed by atoms with Crippen LogP contribution >= 0.6 is 12.4 Å². The molecule has 2 amide bonds. The number of carbonyl (C=O) groups is 2. The van der Waals surface area contributed by atoms with Gasteiger partial charge in [0.2, 0.25) is 5.91 Å². The van der Waals surface area contributed by atoms with Crippen LogP contribution in [0.5, 0.6) is 0 Å². The fraction of sp³-hybridized carbons (Fsp3) is 0.619. The molecule has 0 aromatic heterocycles. The molecule has 0 heterocycles. The van der Waals surface area contributed by atoms with Crippen molar-refractivity contribution in [1.82, 2.24) is 4.90 Å². The lowest BCUT2D eigenvalue weighted by atomic mass is 9.65. The summed E-state index contributed by atoms with van der Waals surface area (Å²) in [6.07, 6.45) is 5.32. The predicted molar refractivity (Wildman–Crippen MR) is 111 cm³/mol. The van der Waals surface area contributed by atoms with Crippen molar-refractivity contribution >= 4 is 29.9 Å². The fourth-order valence-electron chi connectivity index (χ4n) is 4.67. The first-order valence-corrected chi connectivity index (χ1v) is 9.99. The summed E-state index contributed by atoms with van der Waals surface area (Å²) in [4.78, 5) is 27.1. The van der Waals surface area contributed by atoms with E-state index in [1.54, 1.807) is 17.0 Å². The average molecular weight is 394 g/mol. The molecule has 0 aliphatic heterocycles. The SMILES string of the molecule is CCN(CC)C(=O)c1cccc(NC(=O)C2CC3CCCC(C2)C3N)c1.Cl. The van der Waals surface area contributed by atoms with Gasteiger partial charge in [0.1, 0.15) is 0 Å². The zero-order chi connectivity index (χ0) is 18.7. The van der Waals surface area contributed by atoms with E-state index in [0.717, 1.165) is 25.7 Å². The number of amides is 2. The third-order valence-corrected chi connectivity index (χ3v) is 6.21. The van der Waals surface area contributed by atoms with E-state index in [0.29, 0.717) is 36.2 Å². The minimum atomic E-state index is 0. The van der Waals surface area contributed by atoms with E-state index in [1.165, 1.54) is 6.42 Å². The van der Waals surface area contributed by atoms with Gasteiger partial charge < -0.3 is 16.0 Å². The van der Waals surface area contributed by atoms with Crippen molar-refractivity contribution < 1.29 is 9.59 Å². The Morgan fingerprint density at radius 1 is 1.15 bits per heavy atom. The maximum absolute atomic E-state index is 12.8. The Hall–Kier alpha value is -1.59. The van der Waals surface area contributed by atoms with Gasteiger partial charge in [0, 0.05) is 36.3 Å². The van der Waals surface area contributed by atoms with Gasteiger partial charge in [-0.1, -0.05) is 12.5 Å². The van der Waals surface area contributed by atoms with Crippen LogP contribution in [0.15, 0.2) is 24.3 Å². The molecular weight excluding hydrogens is 362 g/mol. The minimum Gasteiger partial charge on any atom is -0.339 e. The van der Waals surface area contributed by atoms with Crippen LogP contribution in [0.4, 0.5) is 5.69 Å². The number of hydrogen-bond donors (Lipinski definition) is 2. The topological polar surface area (TPSA) is 75.4 Å². The minimum absolute atomic E-state index is 0. The highest BCUT2D eigenvalue weighted by Gasteiger charge is 2.40. The molecule has 0 radical (unpaired) electrons. The van der Waals surface area contributed by atoms with Crippen molar-refractivity contribution in [1.29, 1.82) is 0 Å². The van der Waals surface area contributed by atoms with Crippen molar-refractivity contribution in [3.8, 4) is 0 Å². The molecule has 3 N–H and O–H groups in total. The molecule has 1 aromatic carbocycles. The first kappa shape index (κ1) is 21.7. The van der Waals surface area contributed by atoms with Crippen LogP contribution < -0.4 is 11.1 Å². The van der Waals surface area contributed by atoms with E-state index in [9.17, 15) is 9.59 Å². The monoisotopic (exact) mass is 393 g/mol. The van der Waals surface area contributed by atoms with Gasteiger partial charge in [-0.3, -0.25) is 9.59 Å². The van der Waals surface area contributed by atoms with E-state index in [4.69, 9.17) is 5.73 Å². The zero-order valence-electron chi connectivity index (χ0n) is 16.3. The molecule has 1 aromatic rings. The van der Waals surface area contributed by atoms with Gasteiger partial charge in [-0.15, -0.1) is 12.4 Å². The molecule has 2 saturated carbocycles. The number of nitrogens with zero attached hydrogens (tertiary/aromatic N) is 1. The van der Waals surface area contributed by atoms with Crippen LogP contribution in [0.3, 0.4) is 0 Å². The summed E-state index contributed by atoms with van der Waals surface area (Å²) in [6.45, 7) is 5.30. The average Bonchev–Trinajstić information content (AvgIpc) is 2.62. The Balaban J connectivity index is 0.00000261. The third kappa shape index (κ3) is 4.82. The van der Waals surface area contributed by atoms with Crippen LogP contribution in [-0.4, -0.2) is 35.8 Å². The number of halogens is 1. The van der Waals surface area contributed by atoms with Crippen LogP contribution in [0.2, 0.25) is 0 Å². The highest BCUT2D eigenvalue weighted by atomic mass is 35.5. The van der Waals surface area contributed by atoms with E-state index in [1.807, 2.05) is 26.0 Å². The number of fused-ring (bicyclic) bond motifs is 2. The summed E-state index contributed by atoms with van der Waals surface area (Å²) in [5.74, 6) is 1.07. The van der Waals surface area contributed by atoms with Gasteiger partial charge in [-0.25, -0.2) is 0 Å². The Kier molecular flexibility index (Phi) is 7.68. The second-order valence-electron chi connectivity index (χ2n) is 7.74. The number of hydrogen-bond acceptors (Lipinski definition) is 3. The largest absolute Gasteiger partial charge is 0.339 e.